The van der Waals surface area contributed by atoms with Crippen LogP contribution in [0.4, 0.5) is 10.3 Å². The van der Waals surface area contributed by atoms with Gasteiger partial charge in [0.15, 0.2) is 0 Å². The quantitative estimate of drug-likeness (QED) is 0.736. The third-order valence-corrected chi connectivity index (χ3v) is 3.29. The maximum absolute atomic E-state index is 13.2. The highest BCUT2D eigenvalue weighted by Crippen LogP contribution is 2.28. The number of nitrogens with two attached hydrogens (primary N) is 1. The van der Waals surface area contributed by atoms with Crippen molar-refractivity contribution in [1.82, 2.24) is 9.55 Å². The molecule has 1 heterocycles. The van der Waals surface area contributed by atoms with Crippen molar-refractivity contribution >= 4 is 28.6 Å². The van der Waals surface area contributed by atoms with Gasteiger partial charge in [0.25, 0.3) is 0 Å². The number of aryl methyl sites for hydroxylation is 1. The molecule has 0 bridgehead atoms. The molecule has 0 fully saturated rings. The minimum absolute atomic E-state index is 0.284. The van der Waals surface area contributed by atoms with Crippen LogP contribution in [0.1, 0.15) is 5.56 Å². The van der Waals surface area contributed by atoms with Gasteiger partial charge in [0, 0.05) is 6.07 Å². The molecular formula is C14H11ClFN3. The van der Waals surface area contributed by atoms with Gasteiger partial charge in [-0.2, -0.15) is 0 Å². The van der Waals surface area contributed by atoms with Crippen molar-refractivity contribution in [3.63, 3.8) is 0 Å². The van der Waals surface area contributed by atoms with Gasteiger partial charge in [-0.1, -0.05) is 17.7 Å². The van der Waals surface area contributed by atoms with Crippen LogP contribution in [-0.2, 0) is 0 Å². The lowest BCUT2D eigenvalue weighted by atomic mass is 10.2. The molecule has 96 valence electrons. The lowest BCUT2D eigenvalue weighted by Crippen LogP contribution is -2.01. The highest BCUT2D eigenvalue weighted by molar-refractivity contribution is 6.32. The summed E-state index contributed by atoms with van der Waals surface area (Å²) in [6.45, 7) is 1.96. The normalized spacial score (nSPS) is 11.1. The van der Waals surface area contributed by atoms with Gasteiger partial charge >= 0.3 is 0 Å². The first kappa shape index (κ1) is 12.0. The van der Waals surface area contributed by atoms with E-state index in [1.54, 1.807) is 10.6 Å². The van der Waals surface area contributed by atoms with Crippen LogP contribution in [0.25, 0.3) is 16.7 Å². The molecule has 0 saturated heterocycles. The average Bonchev–Trinajstić information content (AvgIpc) is 2.65. The SMILES string of the molecule is Cc1ccc(-n2c(N)nc3cc(F)ccc32)c(Cl)c1. The predicted molar refractivity (Wildman–Crippen MR) is 75.2 cm³/mol. The highest BCUT2D eigenvalue weighted by Gasteiger charge is 2.13. The van der Waals surface area contributed by atoms with E-state index in [2.05, 4.69) is 4.98 Å². The van der Waals surface area contributed by atoms with E-state index in [-0.39, 0.29) is 11.8 Å². The van der Waals surface area contributed by atoms with E-state index in [0.29, 0.717) is 10.5 Å². The Hall–Kier alpha value is -2.07. The first-order chi connectivity index (χ1) is 9.06. The van der Waals surface area contributed by atoms with Crippen molar-refractivity contribution in [2.75, 3.05) is 5.73 Å². The minimum atomic E-state index is -0.341. The third kappa shape index (κ3) is 1.94. The highest BCUT2D eigenvalue weighted by atomic mass is 35.5. The van der Waals surface area contributed by atoms with E-state index < -0.39 is 0 Å². The summed E-state index contributed by atoms with van der Waals surface area (Å²) in [5, 5.41) is 0.579. The molecule has 0 atom stereocenters. The summed E-state index contributed by atoms with van der Waals surface area (Å²) in [6, 6.07) is 10.0. The average molecular weight is 276 g/mol. The Bertz CT molecular complexity index is 780. The molecule has 3 nitrogen and oxygen atoms in total. The van der Waals surface area contributed by atoms with Gasteiger partial charge in [0.05, 0.1) is 21.7 Å². The number of hydrogen-bond acceptors (Lipinski definition) is 2. The van der Waals surface area contributed by atoms with Crippen LogP contribution in [0, 0.1) is 12.7 Å². The summed E-state index contributed by atoms with van der Waals surface area (Å²) >= 11 is 6.25. The van der Waals surface area contributed by atoms with E-state index in [4.69, 9.17) is 17.3 Å². The van der Waals surface area contributed by atoms with E-state index in [1.807, 2.05) is 25.1 Å². The van der Waals surface area contributed by atoms with Crippen LogP contribution < -0.4 is 5.73 Å². The molecule has 0 aliphatic heterocycles. The molecule has 0 radical (unpaired) electrons. The number of anilines is 1. The van der Waals surface area contributed by atoms with Crippen LogP contribution >= 0.6 is 11.6 Å². The summed E-state index contributed by atoms with van der Waals surface area (Å²) < 4.78 is 14.9. The van der Waals surface area contributed by atoms with Crippen LogP contribution in [0.2, 0.25) is 5.02 Å². The second kappa shape index (κ2) is 4.24. The number of imidazole rings is 1. The molecule has 3 rings (SSSR count). The van der Waals surface area contributed by atoms with Gasteiger partial charge in [0.1, 0.15) is 5.82 Å². The van der Waals surface area contributed by atoms with Crippen LogP contribution in [-0.4, -0.2) is 9.55 Å². The number of aromatic nitrogens is 2. The van der Waals surface area contributed by atoms with E-state index in [9.17, 15) is 4.39 Å². The van der Waals surface area contributed by atoms with Crippen molar-refractivity contribution < 1.29 is 4.39 Å². The number of nitrogens with zero attached hydrogens (tertiary/aromatic N) is 2. The summed E-state index contributed by atoms with van der Waals surface area (Å²) in [7, 11) is 0. The summed E-state index contributed by atoms with van der Waals surface area (Å²) in [4.78, 5) is 4.16. The largest absolute Gasteiger partial charge is 0.369 e. The van der Waals surface area contributed by atoms with Crippen molar-refractivity contribution in [2.24, 2.45) is 0 Å². The first-order valence-electron chi connectivity index (χ1n) is 5.76. The zero-order chi connectivity index (χ0) is 13.6. The topological polar surface area (TPSA) is 43.8 Å². The van der Waals surface area contributed by atoms with E-state index >= 15 is 0 Å². The Morgan fingerprint density at radius 1 is 1.21 bits per heavy atom. The molecule has 0 spiro atoms. The molecule has 1 aromatic heterocycles. The molecule has 0 aliphatic rings. The summed E-state index contributed by atoms with van der Waals surface area (Å²) in [5.74, 6) is -0.0569. The van der Waals surface area contributed by atoms with Crippen molar-refractivity contribution in [1.29, 1.82) is 0 Å². The second-order valence-electron chi connectivity index (χ2n) is 4.39. The fourth-order valence-electron chi connectivity index (χ4n) is 2.12. The maximum atomic E-state index is 13.2. The zero-order valence-electron chi connectivity index (χ0n) is 10.2. The smallest absolute Gasteiger partial charge is 0.205 e. The Morgan fingerprint density at radius 2 is 2.00 bits per heavy atom. The molecule has 0 amide bonds. The van der Waals surface area contributed by atoms with Crippen LogP contribution in [0.15, 0.2) is 36.4 Å². The van der Waals surface area contributed by atoms with E-state index in [1.165, 1.54) is 12.1 Å². The number of benzene rings is 2. The van der Waals surface area contributed by atoms with Gasteiger partial charge in [-0.05, 0) is 36.8 Å². The van der Waals surface area contributed by atoms with Crippen molar-refractivity contribution in [3.8, 4) is 5.69 Å². The van der Waals surface area contributed by atoms with E-state index in [0.717, 1.165) is 16.8 Å². The van der Waals surface area contributed by atoms with Gasteiger partial charge in [-0.15, -0.1) is 0 Å². The zero-order valence-corrected chi connectivity index (χ0v) is 10.9. The molecule has 0 aliphatic carbocycles. The Balaban J connectivity index is 2.33. The fraction of sp³-hybridized carbons (Fsp3) is 0.0714. The Labute approximate surface area is 114 Å². The fourth-order valence-corrected chi connectivity index (χ4v) is 2.44. The number of fused-ring (bicyclic) bond motifs is 1. The molecule has 2 N–H and O–H groups in total. The predicted octanol–water partition coefficient (Wildman–Crippen LogP) is 3.71. The number of nitrogen functional groups attached to an aromatic ring is 1. The van der Waals surface area contributed by atoms with Gasteiger partial charge in [0.2, 0.25) is 5.95 Å². The van der Waals surface area contributed by atoms with Crippen molar-refractivity contribution in [3.05, 3.63) is 52.8 Å². The van der Waals surface area contributed by atoms with Crippen LogP contribution in [0.3, 0.4) is 0 Å². The monoisotopic (exact) mass is 275 g/mol. The lowest BCUT2D eigenvalue weighted by molar-refractivity contribution is 0.629. The Kier molecular flexibility index (Phi) is 2.68. The van der Waals surface area contributed by atoms with Crippen LogP contribution in [0.5, 0.6) is 0 Å². The minimum Gasteiger partial charge on any atom is -0.369 e. The molecule has 5 heteroatoms. The summed E-state index contributed by atoms with van der Waals surface area (Å²) in [5.41, 5.74) is 8.94. The number of rotatable bonds is 1. The molecule has 2 aromatic carbocycles. The van der Waals surface area contributed by atoms with Gasteiger partial charge in [-0.3, -0.25) is 4.57 Å². The van der Waals surface area contributed by atoms with Gasteiger partial charge < -0.3 is 5.73 Å². The molecular weight excluding hydrogens is 265 g/mol. The Morgan fingerprint density at radius 3 is 2.74 bits per heavy atom. The standard InChI is InChI=1S/C14H11ClFN3/c1-8-2-4-12(10(15)6-8)19-13-5-3-9(16)7-11(13)18-14(19)17/h2-7H,1H3,(H2,17,18). The molecule has 19 heavy (non-hydrogen) atoms. The summed E-state index contributed by atoms with van der Waals surface area (Å²) in [6.07, 6.45) is 0. The molecule has 0 unspecified atom stereocenters. The third-order valence-electron chi connectivity index (χ3n) is 2.99. The maximum Gasteiger partial charge on any atom is 0.205 e. The number of halogens is 2. The molecule has 0 saturated carbocycles. The van der Waals surface area contributed by atoms with Gasteiger partial charge in [-0.25, -0.2) is 9.37 Å². The lowest BCUT2D eigenvalue weighted by Gasteiger charge is -2.09. The molecule has 3 aromatic rings. The van der Waals surface area contributed by atoms with Crippen molar-refractivity contribution in [2.45, 2.75) is 6.92 Å². The number of hydrogen-bond donors (Lipinski definition) is 1. The second-order valence-corrected chi connectivity index (χ2v) is 4.80. The first-order valence-corrected chi connectivity index (χ1v) is 6.14.